The van der Waals surface area contributed by atoms with E-state index < -0.39 is 0 Å². The van der Waals surface area contributed by atoms with Gasteiger partial charge >= 0.3 is 0 Å². The summed E-state index contributed by atoms with van der Waals surface area (Å²) in [6, 6.07) is 22.9. The van der Waals surface area contributed by atoms with Crippen molar-refractivity contribution in [3.8, 4) is 23.0 Å². The summed E-state index contributed by atoms with van der Waals surface area (Å²) in [4.78, 5) is 15.4. The number of rotatable bonds is 6. The fraction of sp³-hybridized carbons (Fsp3) is 0.208. The number of methoxy groups -OCH3 is 2. The van der Waals surface area contributed by atoms with E-state index in [2.05, 4.69) is 0 Å². The zero-order valence-corrected chi connectivity index (χ0v) is 17.7. The number of thioether (sulfide) groups is 1. The van der Waals surface area contributed by atoms with Crippen molar-refractivity contribution in [2.45, 2.75) is 5.37 Å². The normalized spacial score (nSPS) is 15.7. The zero-order valence-electron chi connectivity index (χ0n) is 16.9. The summed E-state index contributed by atoms with van der Waals surface area (Å²) >= 11 is 1.74. The highest BCUT2D eigenvalue weighted by molar-refractivity contribution is 7.99. The smallest absolute Gasteiger partial charge is 0.262 e. The summed E-state index contributed by atoms with van der Waals surface area (Å²) in [5.74, 6) is 3.30. The Hall–Kier alpha value is -3.12. The van der Waals surface area contributed by atoms with Crippen molar-refractivity contribution >= 4 is 17.7 Å². The standard InChI is InChI=1S/C24H23NO4S/c1-27-20-12-7-13-21(28-2)22(20)23(26)25-14-15-30-24(25)17-8-6-11-19(16-17)29-18-9-4-3-5-10-18/h3-13,16,24H,14-15H2,1-2H3. The van der Waals surface area contributed by atoms with E-state index in [1.807, 2.05) is 65.6 Å². The van der Waals surface area contributed by atoms with Crippen molar-refractivity contribution in [3.63, 3.8) is 0 Å². The molecule has 1 amide bonds. The maximum absolute atomic E-state index is 13.5. The van der Waals surface area contributed by atoms with E-state index in [4.69, 9.17) is 14.2 Å². The van der Waals surface area contributed by atoms with Gasteiger partial charge in [0, 0.05) is 12.3 Å². The lowest BCUT2D eigenvalue weighted by atomic mass is 10.1. The first-order valence-corrected chi connectivity index (χ1v) is 10.7. The number of para-hydroxylation sites is 1. The minimum atomic E-state index is -0.105. The van der Waals surface area contributed by atoms with E-state index in [1.54, 1.807) is 38.1 Å². The third-order valence-electron chi connectivity index (χ3n) is 4.92. The van der Waals surface area contributed by atoms with Crippen molar-refractivity contribution in [2.24, 2.45) is 0 Å². The van der Waals surface area contributed by atoms with Crippen LogP contribution in [0.5, 0.6) is 23.0 Å². The second kappa shape index (κ2) is 9.13. The van der Waals surface area contributed by atoms with Gasteiger partial charge in [0.05, 0.1) is 14.2 Å². The van der Waals surface area contributed by atoms with E-state index in [1.165, 1.54) is 0 Å². The molecular formula is C24H23NO4S. The summed E-state index contributed by atoms with van der Waals surface area (Å²) in [6.45, 7) is 0.652. The van der Waals surface area contributed by atoms with Crippen molar-refractivity contribution < 1.29 is 19.0 Å². The van der Waals surface area contributed by atoms with Crippen LogP contribution in [-0.4, -0.2) is 37.3 Å². The van der Waals surface area contributed by atoms with Crippen LogP contribution in [0.3, 0.4) is 0 Å². The number of carbonyl (C=O) groups excluding carboxylic acids is 1. The molecule has 4 rings (SSSR count). The lowest BCUT2D eigenvalue weighted by molar-refractivity contribution is 0.0753. The SMILES string of the molecule is COc1cccc(OC)c1C(=O)N1CCSC1c1cccc(Oc2ccccc2)c1. The van der Waals surface area contributed by atoms with Gasteiger partial charge in [0.15, 0.2) is 0 Å². The number of benzene rings is 3. The average molecular weight is 422 g/mol. The van der Waals surface area contributed by atoms with Crippen LogP contribution in [0.1, 0.15) is 21.3 Å². The van der Waals surface area contributed by atoms with Gasteiger partial charge in [-0.3, -0.25) is 4.79 Å². The molecule has 1 fully saturated rings. The number of carbonyl (C=O) groups is 1. The lowest BCUT2D eigenvalue weighted by Crippen LogP contribution is -2.31. The molecule has 1 saturated heterocycles. The molecule has 1 aliphatic rings. The molecule has 0 radical (unpaired) electrons. The Morgan fingerprint density at radius 1 is 0.900 bits per heavy atom. The highest BCUT2D eigenvalue weighted by Crippen LogP contribution is 2.42. The number of ether oxygens (including phenoxy) is 3. The summed E-state index contributed by atoms with van der Waals surface area (Å²) in [5.41, 5.74) is 1.47. The van der Waals surface area contributed by atoms with Gasteiger partial charge in [-0.05, 0) is 42.0 Å². The van der Waals surface area contributed by atoms with Crippen LogP contribution < -0.4 is 14.2 Å². The molecular weight excluding hydrogens is 398 g/mol. The van der Waals surface area contributed by atoms with E-state index in [-0.39, 0.29) is 11.3 Å². The van der Waals surface area contributed by atoms with Gasteiger partial charge in [0.25, 0.3) is 5.91 Å². The van der Waals surface area contributed by atoms with Crippen molar-refractivity contribution in [1.82, 2.24) is 4.90 Å². The van der Waals surface area contributed by atoms with Gasteiger partial charge in [-0.25, -0.2) is 0 Å². The minimum Gasteiger partial charge on any atom is -0.496 e. The quantitative estimate of drug-likeness (QED) is 0.534. The molecule has 0 saturated carbocycles. The molecule has 0 N–H and O–H groups in total. The highest BCUT2D eigenvalue weighted by atomic mass is 32.2. The maximum atomic E-state index is 13.5. The van der Waals surface area contributed by atoms with Gasteiger partial charge in [-0.1, -0.05) is 36.4 Å². The van der Waals surface area contributed by atoms with E-state index in [9.17, 15) is 4.79 Å². The van der Waals surface area contributed by atoms with Crippen LogP contribution in [0.15, 0.2) is 72.8 Å². The molecule has 154 valence electrons. The topological polar surface area (TPSA) is 48.0 Å². The molecule has 1 atom stereocenters. The summed E-state index contributed by atoms with van der Waals surface area (Å²) < 4.78 is 16.9. The van der Waals surface area contributed by atoms with Gasteiger partial charge in [-0.2, -0.15) is 0 Å². The summed E-state index contributed by atoms with van der Waals surface area (Å²) in [7, 11) is 3.12. The van der Waals surface area contributed by atoms with Crippen molar-refractivity contribution in [3.05, 3.63) is 83.9 Å². The van der Waals surface area contributed by atoms with Gasteiger partial charge in [0.1, 0.15) is 33.9 Å². The third kappa shape index (κ3) is 4.09. The Kier molecular flexibility index (Phi) is 6.14. The molecule has 1 unspecified atom stereocenters. The molecule has 1 aliphatic heterocycles. The molecule has 3 aromatic rings. The fourth-order valence-corrected chi connectivity index (χ4v) is 4.76. The first kappa shape index (κ1) is 20.2. The van der Waals surface area contributed by atoms with Crippen molar-refractivity contribution in [2.75, 3.05) is 26.5 Å². The van der Waals surface area contributed by atoms with Crippen LogP contribution in [0.2, 0.25) is 0 Å². The van der Waals surface area contributed by atoms with Crippen LogP contribution in [-0.2, 0) is 0 Å². The Balaban J connectivity index is 1.62. The number of amides is 1. The Labute approximate surface area is 180 Å². The molecule has 0 aromatic heterocycles. The molecule has 1 heterocycles. The van der Waals surface area contributed by atoms with E-state index in [0.29, 0.717) is 23.6 Å². The molecule has 0 bridgehead atoms. The Morgan fingerprint density at radius 2 is 1.57 bits per heavy atom. The maximum Gasteiger partial charge on any atom is 0.262 e. The van der Waals surface area contributed by atoms with Gasteiger partial charge in [0.2, 0.25) is 0 Å². The average Bonchev–Trinajstić information content (AvgIpc) is 3.29. The monoisotopic (exact) mass is 421 g/mol. The molecule has 0 spiro atoms. The Morgan fingerprint density at radius 3 is 2.27 bits per heavy atom. The first-order valence-electron chi connectivity index (χ1n) is 9.67. The minimum absolute atomic E-state index is 0.103. The largest absolute Gasteiger partial charge is 0.496 e. The van der Waals surface area contributed by atoms with Gasteiger partial charge < -0.3 is 19.1 Å². The van der Waals surface area contributed by atoms with E-state index in [0.717, 1.165) is 22.8 Å². The molecule has 0 aliphatic carbocycles. The van der Waals surface area contributed by atoms with E-state index >= 15 is 0 Å². The van der Waals surface area contributed by atoms with Crippen molar-refractivity contribution in [1.29, 1.82) is 0 Å². The second-order valence-corrected chi connectivity index (χ2v) is 7.93. The van der Waals surface area contributed by atoms with Crippen LogP contribution >= 0.6 is 11.8 Å². The highest BCUT2D eigenvalue weighted by Gasteiger charge is 2.34. The summed E-state index contributed by atoms with van der Waals surface area (Å²) in [6.07, 6.45) is 0. The number of nitrogens with zero attached hydrogens (tertiary/aromatic N) is 1. The number of hydrogen-bond donors (Lipinski definition) is 0. The van der Waals surface area contributed by atoms with Crippen LogP contribution in [0.4, 0.5) is 0 Å². The third-order valence-corrected chi connectivity index (χ3v) is 6.18. The predicted molar refractivity (Wildman–Crippen MR) is 119 cm³/mol. The molecule has 30 heavy (non-hydrogen) atoms. The second-order valence-electron chi connectivity index (χ2n) is 6.75. The predicted octanol–water partition coefficient (Wildman–Crippen LogP) is 5.38. The molecule has 6 heteroatoms. The molecule has 3 aromatic carbocycles. The molecule has 5 nitrogen and oxygen atoms in total. The zero-order chi connectivity index (χ0) is 20.9. The fourth-order valence-electron chi connectivity index (χ4n) is 3.52. The lowest BCUT2D eigenvalue weighted by Gasteiger charge is -2.26. The summed E-state index contributed by atoms with van der Waals surface area (Å²) in [5, 5.41) is -0.105. The Bertz CT molecular complexity index is 1000. The number of hydrogen-bond acceptors (Lipinski definition) is 5. The van der Waals surface area contributed by atoms with Crippen LogP contribution in [0, 0.1) is 0 Å². The van der Waals surface area contributed by atoms with Crippen LogP contribution in [0.25, 0.3) is 0 Å². The first-order chi connectivity index (χ1) is 14.7. The van der Waals surface area contributed by atoms with Gasteiger partial charge in [-0.15, -0.1) is 11.8 Å².